The van der Waals surface area contributed by atoms with Crippen LogP contribution in [0.4, 0.5) is 0 Å². The Bertz CT molecular complexity index is 214. The van der Waals surface area contributed by atoms with Gasteiger partial charge in [0.1, 0.15) is 0 Å². The first-order chi connectivity index (χ1) is 6.77. The van der Waals surface area contributed by atoms with E-state index in [-0.39, 0.29) is 18.1 Å². The zero-order valence-corrected chi connectivity index (χ0v) is 8.41. The predicted molar refractivity (Wildman–Crippen MR) is 52.8 cm³/mol. The zero-order valence-electron chi connectivity index (χ0n) is 8.41. The quantitative estimate of drug-likeness (QED) is 0.609. The third-order valence-corrected chi connectivity index (χ3v) is 3.07. The minimum atomic E-state index is -0.311. The molecule has 0 radical (unpaired) electrons. The topological polar surface area (TPSA) is 52.6 Å². The van der Waals surface area contributed by atoms with E-state index in [1.165, 1.54) is 0 Å². The molecule has 2 saturated heterocycles. The number of nitrogens with zero attached hydrogens (tertiary/aromatic N) is 1. The minimum absolute atomic E-state index is 0.0142. The van der Waals surface area contributed by atoms with Crippen molar-refractivity contribution in [2.45, 2.75) is 37.8 Å². The smallest absolute Gasteiger partial charge is 0.239 e. The molecule has 0 aromatic rings. The van der Waals surface area contributed by atoms with Crippen LogP contribution in [0.2, 0.25) is 0 Å². The monoisotopic (exact) mass is 198 g/mol. The number of carbonyl (C=O) groups is 1. The van der Waals surface area contributed by atoms with Crippen LogP contribution >= 0.6 is 0 Å². The second kappa shape index (κ2) is 4.28. The predicted octanol–water partition coefficient (Wildman–Crippen LogP) is -0.278. The van der Waals surface area contributed by atoms with E-state index in [0.717, 1.165) is 38.8 Å². The summed E-state index contributed by atoms with van der Waals surface area (Å²) in [5.41, 5.74) is 0. The van der Waals surface area contributed by atoms with E-state index >= 15 is 0 Å². The van der Waals surface area contributed by atoms with Crippen LogP contribution in [0, 0.1) is 0 Å². The molecule has 0 aliphatic carbocycles. The molecule has 14 heavy (non-hydrogen) atoms. The number of hydrogen-bond acceptors (Lipinski definition) is 3. The van der Waals surface area contributed by atoms with Gasteiger partial charge in [-0.1, -0.05) is 0 Å². The molecule has 2 fully saturated rings. The Balaban J connectivity index is 1.89. The summed E-state index contributed by atoms with van der Waals surface area (Å²) in [6.07, 6.45) is 3.49. The number of rotatable bonds is 1. The van der Waals surface area contributed by atoms with Gasteiger partial charge in [-0.25, -0.2) is 0 Å². The molecule has 2 heterocycles. The molecule has 80 valence electrons. The first kappa shape index (κ1) is 9.93. The molecule has 2 rings (SSSR count). The number of aliphatic hydroxyl groups is 1. The summed E-state index contributed by atoms with van der Waals surface area (Å²) in [5, 5.41) is 12.7. The molecule has 0 aromatic heterocycles. The lowest BCUT2D eigenvalue weighted by Gasteiger charge is -2.31. The molecule has 1 unspecified atom stereocenters. The average molecular weight is 198 g/mol. The Morgan fingerprint density at radius 3 is 2.86 bits per heavy atom. The van der Waals surface area contributed by atoms with Crippen molar-refractivity contribution in [3.8, 4) is 0 Å². The Morgan fingerprint density at radius 1 is 1.36 bits per heavy atom. The van der Waals surface area contributed by atoms with Gasteiger partial charge in [-0.3, -0.25) is 4.79 Å². The van der Waals surface area contributed by atoms with Crippen molar-refractivity contribution in [3.63, 3.8) is 0 Å². The number of piperidine rings is 1. The third-order valence-electron chi connectivity index (χ3n) is 3.07. The second-order valence-corrected chi connectivity index (χ2v) is 4.23. The number of aliphatic hydroxyl groups excluding tert-OH is 1. The van der Waals surface area contributed by atoms with Crippen molar-refractivity contribution in [1.82, 2.24) is 10.2 Å². The minimum Gasteiger partial charge on any atom is -0.391 e. The summed E-state index contributed by atoms with van der Waals surface area (Å²) in [5.74, 6) is 0.182. The van der Waals surface area contributed by atoms with Crippen molar-refractivity contribution in [1.29, 1.82) is 0 Å². The highest BCUT2D eigenvalue weighted by molar-refractivity contribution is 5.82. The molecule has 0 saturated carbocycles. The van der Waals surface area contributed by atoms with Crippen molar-refractivity contribution < 1.29 is 9.90 Å². The van der Waals surface area contributed by atoms with Crippen molar-refractivity contribution in [2.24, 2.45) is 0 Å². The van der Waals surface area contributed by atoms with Gasteiger partial charge >= 0.3 is 0 Å². The van der Waals surface area contributed by atoms with Crippen molar-refractivity contribution >= 4 is 5.91 Å². The summed E-state index contributed by atoms with van der Waals surface area (Å²) >= 11 is 0. The maximum absolute atomic E-state index is 11.9. The molecule has 2 N–H and O–H groups in total. The molecule has 0 bridgehead atoms. The van der Waals surface area contributed by atoms with Crippen LogP contribution in [0.15, 0.2) is 0 Å². The molecule has 2 aliphatic heterocycles. The van der Waals surface area contributed by atoms with E-state index in [2.05, 4.69) is 5.32 Å². The van der Waals surface area contributed by atoms with Gasteiger partial charge in [0.15, 0.2) is 0 Å². The summed E-state index contributed by atoms with van der Waals surface area (Å²) < 4.78 is 0. The van der Waals surface area contributed by atoms with Gasteiger partial charge in [-0.2, -0.15) is 0 Å². The lowest BCUT2D eigenvalue weighted by Crippen LogP contribution is -2.49. The van der Waals surface area contributed by atoms with Gasteiger partial charge in [0.2, 0.25) is 5.91 Å². The van der Waals surface area contributed by atoms with Crippen LogP contribution in [-0.2, 0) is 4.79 Å². The SMILES string of the molecule is O=C([C@@H]1CCCN1)N1CCCC(O)C1. The Kier molecular flexibility index (Phi) is 3.03. The zero-order chi connectivity index (χ0) is 9.97. The van der Waals surface area contributed by atoms with Crippen LogP contribution in [0.3, 0.4) is 0 Å². The van der Waals surface area contributed by atoms with Gasteiger partial charge in [-0.05, 0) is 32.2 Å². The molecule has 4 nitrogen and oxygen atoms in total. The molecular formula is C10H18N2O2. The Hall–Kier alpha value is -0.610. The second-order valence-electron chi connectivity index (χ2n) is 4.23. The number of likely N-dealkylation sites (tertiary alicyclic amines) is 1. The van der Waals surface area contributed by atoms with Gasteiger partial charge in [0, 0.05) is 13.1 Å². The molecule has 0 aromatic carbocycles. The summed E-state index contributed by atoms with van der Waals surface area (Å²) in [4.78, 5) is 13.7. The van der Waals surface area contributed by atoms with E-state index < -0.39 is 0 Å². The Morgan fingerprint density at radius 2 is 2.21 bits per heavy atom. The van der Waals surface area contributed by atoms with Gasteiger partial charge < -0.3 is 15.3 Å². The van der Waals surface area contributed by atoms with E-state index in [1.54, 1.807) is 4.90 Å². The van der Waals surface area contributed by atoms with Crippen LogP contribution in [-0.4, -0.2) is 47.7 Å². The van der Waals surface area contributed by atoms with Crippen LogP contribution < -0.4 is 5.32 Å². The molecular weight excluding hydrogens is 180 g/mol. The molecule has 0 spiro atoms. The first-order valence-electron chi connectivity index (χ1n) is 5.47. The fraction of sp³-hybridized carbons (Fsp3) is 0.900. The van der Waals surface area contributed by atoms with Gasteiger partial charge in [0.25, 0.3) is 0 Å². The number of β-amino-alcohol motifs (C(OH)–C–C–N with tert-alkyl or cyclic N) is 1. The highest BCUT2D eigenvalue weighted by Gasteiger charge is 2.29. The summed E-state index contributed by atoms with van der Waals surface area (Å²) in [7, 11) is 0. The standard InChI is InChI=1S/C10H18N2O2/c13-8-3-2-6-12(7-8)10(14)9-4-1-5-11-9/h8-9,11,13H,1-7H2/t8?,9-/m0/s1. The fourth-order valence-corrected chi connectivity index (χ4v) is 2.27. The maximum Gasteiger partial charge on any atom is 0.239 e. The average Bonchev–Trinajstić information content (AvgIpc) is 2.69. The maximum atomic E-state index is 11.9. The fourth-order valence-electron chi connectivity index (χ4n) is 2.27. The van der Waals surface area contributed by atoms with Crippen LogP contribution in [0.5, 0.6) is 0 Å². The molecule has 4 heteroatoms. The number of hydrogen-bond donors (Lipinski definition) is 2. The summed E-state index contributed by atoms with van der Waals surface area (Å²) in [6, 6.07) is 0.0142. The summed E-state index contributed by atoms with van der Waals surface area (Å²) in [6.45, 7) is 2.29. The van der Waals surface area contributed by atoms with Crippen LogP contribution in [0.25, 0.3) is 0 Å². The third kappa shape index (κ3) is 2.07. The lowest BCUT2D eigenvalue weighted by molar-refractivity contribution is -0.136. The lowest BCUT2D eigenvalue weighted by atomic mass is 10.1. The highest BCUT2D eigenvalue weighted by atomic mass is 16.3. The highest BCUT2D eigenvalue weighted by Crippen LogP contribution is 2.14. The van der Waals surface area contributed by atoms with Crippen LogP contribution in [0.1, 0.15) is 25.7 Å². The Labute approximate surface area is 84.3 Å². The van der Waals surface area contributed by atoms with E-state index in [1.807, 2.05) is 0 Å². The molecule has 2 atom stereocenters. The first-order valence-corrected chi connectivity index (χ1v) is 5.47. The normalized spacial score (nSPS) is 33.4. The number of nitrogens with one attached hydrogen (secondary N) is 1. The largest absolute Gasteiger partial charge is 0.391 e. The van der Waals surface area contributed by atoms with E-state index in [9.17, 15) is 9.90 Å². The van der Waals surface area contributed by atoms with Crippen molar-refractivity contribution in [2.75, 3.05) is 19.6 Å². The van der Waals surface area contributed by atoms with Gasteiger partial charge in [-0.15, -0.1) is 0 Å². The number of amides is 1. The number of carbonyl (C=O) groups excluding carboxylic acids is 1. The van der Waals surface area contributed by atoms with E-state index in [4.69, 9.17) is 0 Å². The molecule has 2 aliphatic rings. The van der Waals surface area contributed by atoms with Gasteiger partial charge in [0.05, 0.1) is 12.1 Å². The van der Waals surface area contributed by atoms with E-state index in [0.29, 0.717) is 6.54 Å². The van der Waals surface area contributed by atoms with Crippen molar-refractivity contribution in [3.05, 3.63) is 0 Å². The molecule has 1 amide bonds.